The summed E-state index contributed by atoms with van der Waals surface area (Å²) in [5, 5.41) is -0.146. The van der Waals surface area contributed by atoms with Crippen LogP contribution in [-0.2, 0) is 54.3 Å². The summed E-state index contributed by atoms with van der Waals surface area (Å²) in [6.07, 6.45) is 30.2. The Labute approximate surface area is 231 Å². The molecule has 0 aliphatic rings. The van der Waals surface area contributed by atoms with Gasteiger partial charge in [-0.25, -0.2) is 0 Å². The summed E-state index contributed by atoms with van der Waals surface area (Å²) >= 11 is 9.02. The zero-order chi connectivity index (χ0) is 24.1. The molecule has 5 heteroatoms. The zero-order valence-corrected chi connectivity index (χ0v) is 26.9. The molecule has 33 heavy (non-hydrogen) atoms. The van der Waals surface area contributed by atoms with E-state index in [1.165, 1.54) is 128 Å². The van der Waals surface area contributed by atoms with Crippen LogP contribution in [-0.4, -0.2) is 10.2 Å². The van der Waals surface area contributed by atoms with Crippen molar-refractivity contribution in [2.75, 3.05) is 0 Å². The van der Waals surface area contributed by atoms with Gasteiger partial charge < -0.3 is 34.8 Å². The van der Waals surface area contributed by atoms with Crippen LogP contribution in [0.3, 0.4) is 0 Å². The van der Waals surface area contributed by atoms with Crippen molar-refractivity contribution < 1.29 is 29.1 Å². The van der Waals surface area contributed by atoms with E-state index in [9.17, 15) is 9.59 Å². The topological polar surface area (TPSA) is 34.1 Å². The Bertz CT molecular complexity index is 356. The normalized spacial score (nSPS) is 10.2. The number of carbonyl (C=O) groups is 2. The van der Waals surface area contributed by atoms with Crippen molar-refractivity contribution in [2.24, 2.45) is 0 Å². The van der Waals surface area contributed by atoms with Crippen LogP contribution in [0, 0.1) is 0 Å². The average molecular weight is 552 g/mol. The Balaban J connectivity index is -0.000000529. The van der Waals surface area contributed by atoms with Crippen molar-refractivity contribution in [3.8, 4) is 0 Å². The number of hydrogen-bond donors (Lipinski definition) is 0. The molecule has 0 aromatic heterocycles. The van der Waals surface area contributed by atoms with Crippen molar-refractivity contribution in [2.45, 2.75) is 168 Å². The molecule has 0 rings (SSSR count). The molecule has 0 radical (unpaired) electrons. The maximum absolute atomic E-state index is 10.5. The van der Waals surface area contributed by atoms with Crippen LogP contribution in [0.15, 0.2) is 0 Å². The Hall–Kier alpha value is 0.403. The molecule has 2 nitrogen and oxygen atoms in total. The van der Waals surface area contributed by atoms with E-state index in [-0.39, 0.29) is 29.7 Å². The molecule has 0 saturated heterocycles. The summed E-state index contributed by atoms with van der Waals surface area (Å²) in [4.78, 5) is 21.0. The minimum absolute atomic E-state index is 0. The molecule has 0 N–H and O–H groups in total. The van der Waals surface area contributed by atoms with E-state index in [2.05, 4.69) is 39.1 Å². The summed E-state index contributed by atoms with van der Waals surface area (Å²) in [6.45, 7) is 4.52. The Kier molecular flexibility index (Phi) is 39.7. The molecule has 0 aromatic rings. The SMILES string of the molecule is CCCCCCCCCCCCCC(=O)[S-].CCCCCCCCCCCCCC(=O)[S-].[Zn+2]. The first-order valence-corrected chi connectivity index (χ1v) is 14.8. The van der Waals surface area contributed by atoms with Crippen molar-refractivity contribution in [1.82, 2.24) is 0 Å². The summed E-state index contributed by atoms with van der Waals surface area (Å²) in [7, 11) is 0. The van der Waals surface area contributed by atoms with Crippen LogP contribution >= 0.6 is 0 Å². The molecular weight excluding hydrogens is 498 g/mol. The third kappa shape index (κ3) is 43.0. The molecule has 0 aliphatic carbocycles. The largest absolute Gasteiger partial charge is 2.00 e. The molecule has 192 valence electrons. The van der Waals surface area contributed by atoms with Crippen molar-refractivity contribution in [1.29, 1.82) is 0 Å². The quantitative estimate of drug-likeness (QED) is 0.0679. The molecule has 0 bridgehead atoms. The van der Waals surface area contributed by atoms with Gasteiger partial charge >= 0.3 is 19.5 Å². The van der Waals surface area contributed by atoms with Gasteiger partial charge in [0.2, 0.25) is 0 Å². The molecule has 0 amide bonds. The van der Waals surface area contributed by atoms with Crippen molar-refractivity contribution in [3.63, 3.8) is 0 Å². The van der Waals surface area contributed by atoms with E-state index in [1.54, 1.807) is 0 Å². The minimum Gasteiger partial charge on any atom is -0.742 e. The standard InChI is InChI=1S/2C14H28OS.Zn/c2*1-2-3-4-5-6-7-8-9-10-11-12-13-14(15)16;/h2*2-13H2,1H3,(H,15,16);/q;;+2/p-2. The van der Waals surface area contributed by atoms with E-state index >= 15 is 0 Å². The van der Waals surface area contributed by atoms with Crippen LogP contribution in [0.5, 0.6) is 0 Å². The number of unbranched alkanes of at least 4 members (excludes halogenated alkanes) is 20. The predicted molar refractivity (Wildman–Crippen MR) is 147 cm³/mol. The fourth-order valence-corrected chi connectivity index (χ4v) is 4.16. The van der Waals surface area contributed by atoms with Gasteiger partial charge in [-0.1, -0.05) is 142 Å². The Morgan fingerprint density at radius 2 is 0.576 bits per heavy atom. The molecule has 0 fully saturated rings. The summed E-state index contributed by atoms with van der Waals surface area (Å²) < 4.78 is 0. The van der Waals surface area contributed by atoms with Crippen molar-refractivity contribution >= 4 is 35.5 Å². The smallest absolute Gasteiger partial charge is 0.742 e. The molecule has 0 atom stereocenters. The predicted octanol–water partition coefficient (Wildman–Crippen LogP) is 9.52. The molecule has 0 aliphatic heterocycles. The first-order valence-electron chi connectivity index (χ1n) is 13.9. The zero-order valence-electron chi connectivity index (χ0n) is 22.3. The Morgan fingerprint density at radius 3 is 0.758 bits per heavy atom. The molecular formula is C28H54O2S2Zn. The fourth-order valence-electron chi connectivity index (χ4n) is 3.87. The van der Waals surface area contributed by atoms with Crippen LogP contribution in [0.2, 0.25) is 0 Å². The van der Waals surface area contributed by atoms with Crippen LogP contribution in [0.1, 0.15) is 168 Å². The summed E-state index contributed by atoms with van der Waals surface area (Å²) in [6, 6.07) is 0. The second-order valence-corrected chi connectivity index (χ2v) is 10.2. The van der Waals surface area contributed by atoms with Gasteiger partial charge in [0.25, 0.3) is 0 Å². The van der Waals surface area contributed by atoms with Gasteiger partial charge in [0, 0.05) is 10.2 Å². The third-order valence-electron chi connectivity index (χ3n) is 5.97. The van der Waals surface area contributed by atoms with Gasteiger partial charge in [-0.3, -0.25) is 0 Å². The summed E-state index contributed by atoms with van der Waals surface area (Å²) in [5.74, 6) is 0. The van der Waals surface area contributed by atoms with Gasteiger partial charge in [0.15, 0.2) is 0 Å². The van der Waals surface area contributed by atoms with Gasteiger partial charge in [0.05, 0.1) is 0 Å². The summed E-state index contributed by atoms with van der Waals surface area (Å²) in [5.41, 5.74) is 0. The third-order valence-corrected chi connectivity index (χ3v) is 6.38. The van der Waals surface area contributed by atoms with Crippen LogP contribution in [0.25, 0.3) is 0 Å². The van der Waals surface area contributed by atoms with Crippen LogP contribution < -0.4 is 0 Å². The van der Waals surface area contributed by atoms with E-state index in [0.717, 1.165) is 12.8 Å². The van der Waals surface area contributed by atoms with Gasteiger partial charge in [-0.15, -0.1) is 0 Å². The molecule has 0 spiro atoms. The van der Waals surface area contributed by atoms with Crippen molar-refractivity contribution in [3.05, 3.63) is 0 Å². The average Bonchev–Trinajstić information content (AvgIpc) is 2.76. The Morgan fingerprint density at radius 1 is 0.394 bits per heavy atom. The number of hydrogen-bond acceptors (Lipinski definition) is 4. The van der Waals surface area contributed by atoms with Gasteiger partial charge in [-0.05, 0) is 25.7 Å². The van der Waals surface area contributed by atoms with E-state index in [0.29, 0.717) is 12.8 Å². The van der Waals surface area contributed by atoms with E-state index in [4.69, 9.17) is 0 Å². The molecule has 0 aromatic carbocycles. The fraction of sp³-hybridized carbons (Fsp3) is 0.929. The maximum Gasteiger partial charge on any atom is 2.00 e. The van der Waals surface area contributed by atoms with E-state index in [1.807, 2.05) is 0 Å². The monoisotopic (exact) mass is 550 g/mol. The molecule has 0 saturated carbocycles. The second kappa shape index (κ2) is 34.6. The number of carbonyl (C=O) groups excluding carboxylic acids is 2. The minimum atomic E-state index is -0.0732. The van der Waals surface area contributed by atoms with Crippen LogP contribution in [0.4, 0.5) is 0 Å². The first kappa shape index (κ1) is 37.9. The van der Waals surface area contributed by atoms with E-state index < -0.39 is 0 Å². The first-order chi connectivity index (χ1) is 15.5. The maximum atomic E-state index is 10.5. The van der Waals surface area contributed by atoms with Gasteiger partial charge in [-0.2, -0.15) is 0 Å². The molecule has 0 heterocycles. The van der Waals surface area contributed by atoms with Gasteiger partial charge in [0.1, 0.15) is 0 Å². The molecule has 0 unspecified atom stereocenters. The second-order valence-electron chi connectivity index (χ2n) is 9.32. The number of rotatable bonds is 24.